The predicted molar refractivity (Wildman–Crippen MR) is 71.8 cm³/mol. The summed E-state index contributed by atoms with van der Waals surface area (Å²) in [5.41, 5.74) is 7.41. The van der Waals surface area contributed by atoms with Gasteiger partial charge < -0.3 is 10.5 Å². The van der Waals surface area contributed by atoms with Crippen LogP contribution in [0.15, 0.2) is 48.8 Å². The summed E-state index contributed by atoms with van der Waals surface area (Å²) >= 11 is 0. The molecule has 0 fully saturated rings. The minimum absolute atomic E-state index is 0.186. The quantitative estimate of drug-likeness (QED) is 0.899. The molecular weight excluding hydrogens is 243 g/mol. The first-order valence-corrected chi connectivity index (χ1v) is 6.19. The second-order valence-electron chi connectivity index (χ2n) is 4.46. The van der Waals surface area contributed by atoms with Crippen LogP contribution in [0.1, 0.15) is 24.2 Å². The molecule has 100 valence electrons. The van der Waals surface area contributed by atoms with Crippen molar-refractivity contribution in [3.05, 3.63) is 65.7 Å². The van der Waals surface area contributed by atoms with Crippen LogP contribution in [0.3, 0.4) is 0 Å². The van der Waals surface area contributed by atoms with Crippen LogP contribution in [0, 0.1) is 5.82 Å². The van der Waals surface area contributed by atoms with Gasteiger partial charge in [0, 0.05) is 24.0 Å². The molecule has 3 nitrogen and oxygen atoms in total. The van der Waals surface area contributed by atoms with Gasteiger partial charge in [-0.15, -0.1) is 0 Å². The molecular formula is C15H17FN2O. The van der Waals surface area contributed by atoms with E-state index in [-0.39, 0.29) is 24.6 Å². The highest BCUT2D eigenvalue weighted by molar-refractivity contribution is 5.18. The number of benzene rings is 1. The van der Waals surface area contributed by atoms with Gasteiger partial charge in [-0.25, -0.2) is 4.39 Å². The summed E-state index contributed by atoms with van der Waals surface area (Å²) in [5, 5.41) is 0. The van der Waals surface area contributed by atoms with Gasteiger partial charge in [0.25, 0.3) is 0 Å². The van der Waals surface area contributed by atoms with Crippen LogP contribution in [-0.2, 0) is 11.3 Å². The van der Waals surface area contributed by atoms with Crippen molar-refractivity contribution < 1.29 is 9.13 Å². The molecule has 0 bridgehead atoms. The molecule has 1 aromatic carbocycles. The zero-order valence-electron chi connectivity index (χ0n) is 10.8. The molecule has 0 saturated carbocycles. The van der Waals surface area contributed by atoms with E-state index in [0.717, 1.165) is 5.56 Å². The molecule has 0 saturated heterocycles. The van der Waals surface area contributed by atoms with Crippen LogP contribution in [0.4, 0.5) is 4.39 Å². The van der Waals surface area contributed by atoms with Crippen molar-refractivity contribution in [2.75, 3.05) is 0 Å². The highest BCUT2D eigenvalue weighted by atomic mass is 19.1. The molecule has 0 amide bonds. The molecule has 0 spiro atoms. The Morgan fingerprint density at radius 1 is 1.21 bits per heavy atom. The summed E-state index contributed by atoms with van der Waals surface area (Å²) in [4.78, 5) is 3.96. The largest absolute Gasteiger partial charge is 0.367 e. The lowest BCUT2D eigenvalue weighted by atomic mass is 10.1. The maximum atomic E-state index is 13.5. The van der Waals surface area contributed by atoms with E-state index in [1.807, 2.05) is 19.1 Å². The molecule has 2 rings (SSSR count). The second-order valence-corrected chi connectivity index (χ2v) is 4.46. The van der Waals surface area contributed by atoms with Gasteiger partial charge in [-0.3, -0.25) is 4.98 Å². The smallest absolute Gasteiger partial charge is 0.128 e. The normalized spacial score (nSPS) is 14.1. The van der Waals surface area contributed by atoms with Gasteiger partial charge in [-0.2, -0.15) is 0 Å². The molecule has 2 aromatic rings. The molecule has 2 N–H and O–H groups in total. The lowest BCUT2D eigenvalue weighted by molar-refractivity contribution is 0.0244. The fraction of sp³-hybridized carbons (Fsp3) is 0.267. The van der Waals surface area contributed by atoms with E-state index in [1.165, 1.54) is 6.07 Å². The monoisotopic (exact) mass is 260 g/mol. The Labute approximate surface area is 112 Å². The van der Waals surface area contributed by atoms with Crippen LogP contribution in [0.25, 0.3) is 0 Å². The van der Waals surface area contributed by atoms with Gasteiger partial charge in [0.1, 0.15) is 5.82 Å². The number of rotatable bonds is 5. The fourth-order valence-electron chi connectivity index (χ4n) is 1.90. The summed E-state index contributed by atoms with van der Waals surface area (Å²) in [6, 6.07) is 10.1. The SMILES string of the molecule is CC(N)C(OCc1ccccc1F)c1ccncc1. The van der Waals surface area contributed by atoms with Crippen molar-refractivity contribution in [2.24, 2.45) is 5.73 Å². The van der Waals surface area contributed by atoms with Crippen LogP contribution in [0.2, 0.25) is 0 Å². The summed E-state index contributed by atoms with van der Waals surface area (Å²) < 4.78 is 19.3. The molecule has 2 atom stereocenters. The highest BCUT2D eigenvalue weighted by Crippen LogP contribution is 2.21. The molecule has 0 aliphatic carbocycles. The number of hydrogen-bond donors (Lipinski definition) is 1. The first-order valence-electron chi connectivity index (χ1n) is 6.19. The number of pyridine rings is 1. The Bertz CT molecular complexity index is 517. The maximum Gasteiger partial charge on any atom is 0.128 e. The van der Waals surface area contributed by atoms with E-state index in [1.54, 1.807) is 30.6 Å². The minimum Gasteiger partial charge on any atom is -0.367 e. The Morgan fingerprint density at radius 3 is 2.53 bits per heavy atom. The zero-order chi connectivity index (χ0) is 13.7. The van der Waals surface area contributed by atoms with Gasteiger partial charge in [0.15, 0.2) is 0 Å². The minimum atomic E-state index is -0.275. The van der Waals surface area contributed by atoms with Crippen molar-refractivity contribution in [2.45, 2.75) is 25.7 Å². The topological polar surface area (TPSA) is 48.1 Å². The molecule has 1 heterocycles. The molecule has 0 radical (unpaired) electrons. The zero-order valence-corrected chi connectivity index (χ0v) is 10.8. The number of hydrogen-bond acceptors (Lipinski definition) is 3. The second kappa shape index (κ2) is 6.41. The Balaban J connectivity index is 2.09. The average molecular weight is 260 g/mol. The summed E-state index contributed by atoms with van der Waals surface area (Å²) in [7, 11) is 0. The van der Waals surface area contributed by atoms with Crippen molar-refractivity contribution in [3.63, 3.8) is 0 Å². The Morgan fingerprint density at radius 2 is 1.89 bits per heavy atom. The summed E-state index contributed by atoms with van der Waals surface area (Å²) in [6.07, 6.45) is 3.11. The number of halogens is 1. The first-order chi connectivity index (χ1) is 9.18. The van der Waals surface area contributed by atoms with Gasteiger partial charge in [-0.1, -0.05) is 18.2 Å². The van der Waals surface area contributed by atoms with Crippen LogP contribution < -0.4 is 5.73 Å². The van der Waals surface area contributed by atoms with E-state index in [2.05, 4.69) is 4.98 Å². The molecule has 1 aromatic heterocycles. The van der Waals surface area contributed by atoms with Gasteiger partial charge in [0.2, 0.25) is 0 Å². The molecule has 19 heavy (non-hydrogen) atoms. The Hall–Kier alpha value is -1.78. The fourth-order valence-corrected chi connectivity index (χ4v) is 1.90. The van der Waals surface area contributed by atoms with Gasteiger partial charge in [0.05, 0.1) is 12.7 Å². The average Bonchev–Trinajstić information content (AvgIpc) is 2.42. The molecule has 4 heteroatoms. The van der Waals surface area contributed by atoms with Crippen LogP contribution in [0.5, 0.6) is 0 Å². The molecule has 0 aliphatic heterocycles. The van der Waals surface area contributed by atoms with Crippen molar-refractivity contribution in [3.8, 4) is 0 Å². The number of ether oxygens (including phenoxy) is 1. The van der Waals surface area contributed by atoms with E-state index in [9.17, 15) is 4.39 Å². The van der Waals surface area contributed by atoms with Crippen molar-refractivity contribution in [1.29, 1.82) is 0 Å². The van der Waals surface area contributed by atoms with E-state index < -0.39 is 0 Å². The maximum absolute atomic E-state index is 13.5. The van der Waals surface area contributed by atoms with E-state index >= 15 is 0 Å². The van der Waals surface area contributed by atoms with E-state index in [0.29, 0.717) is 5.56 Å². The lowest BCUT2D eigenvalue weighted by Gasteiger charge is -2.22. The van der Waals surface area contributed by atoms with Gasteiger partial charge >= 0.3 is 0 Å². The highest BCUT2D eigenvalue weighted by Gasteiger charge is 2.17. The lowest BCUT2D eigenvalue weighted by Crippen LogP contribution is -2.27. The van der Waals surface area contributed by atoms with E-state index in [4.69, 9.17) is 10.5 Å². The number of nitrogens with two attached hydrogens (primary N) is 1. The van der Waals surface area contributed by atoms with Crippen LogP contribution >= 0.6 is 0 Å². The number of nitrogens with zero attached hydrogens (tertiary/aromatic N) is 1. The van der Waals surface area contributed by atoms with Gasteiger partial charge in [-0.05, 0) is 30.7 Å². The predicted octanol–water partition coefficient (Wildman–Crippen LogP) is 2.83. The summed E-state index contributed by atoms with van der Waals surface area (Å²) in [5.74, 6) is -0.263. The number of aromatic nitrogens is 1. The Kier molecular flexibility index (Phi) is 4.60. The summed E-state index contributed by atoms with van der Waals surface area (Å²) in [6.45, 7) is 2.06. The third-order valence-electron chi connectivity index (χ3n) is 2.89. The first kappa shape index (κ1) is 13.6. The van der Waals surface area contributed by atoms with Crippen molar-refractivity contribution >= 4 is 0 Å². The third kappa shape index (κ3) is 3.59. The standard InChI is InChI=1S/C15H17FN2O/c1-11(17)15(12-6-8-18-9-7-12)19-10-13-4-2-3-5-14(13)16/h2-9,11,15H,10,17H2,1H3. The third-order valence-corrected chi connectivity index (χ3v) is 2.89. The van der Waals surface area contributed by atoms with Crippen LogP contribution in [-0.4, -0.2) is 11.0 Å². The molecule has 0 aliphatic rings. The molecule has 2 unspecified atom stereocenters. The van der Waals surface area contributed by atoms with Crippen molar-refractivity contribution in [1.82, 2.24) is 4.98 Å².